The maximum Gasteiger partial charge on any atom is 0.161 e. The fourth-order valence-corrected chi connectivity index (χ4v) is 2.06. The quantitative estimate of drug-likeness (QED) is 0.770. The molecule has 0 bridgehead atoms. The van der Waals surface area contributed by atoms with Crippen LogP contribution in [0, 0.1) is 20.8 Å². The van der Waals surface area contributed by atoms with Crippen molar-refractivity contribution in [1.82, 2.24) is 19.7 Å². The molecule has 17 heavy (non-hydrogen) atoms. The Morgan fingerprint density at radius 3 is 2.47 bits per heavy atom. The van der Waals surface area contributed by atoms with Gasteiger partial charge in [-0.05, 0) is 32.8 Å². The first-order valence-electron chi connectivity index (χ1n) is 5.58. The van der Waals surface area contributed by atoms with Gasteiger partial charge in [0.15, 0.2) is 5.82 Å². The third-order valence-corrected chi connectivity index (χ3v) is 3.40. The summed E-state index contributed by atoms with van der Waals surface area (Å²) in [5, 5.41) is 5.00. The van der Waals surface area contributed by atoms with E-state index in [4.69, 9.17) is 11.6 Å². The van der Waals surface area contributed by atoms with Crippen LogP contribution in [0.15, 0.2) is 6.33 Å². The summed E-state index contributed by atoms with van der Waals surface area (Å²) in [4.78, 5) is 8.31. The molecule has 0 aliphatic rings. The summed E-state index contributed by atoms with van der Waals surface area (Å²) >= 11 is 6.09. The zero-order valence-corrected chi connectivity index (χ0v) is 11.2. The smallest absolute Gasteiger partial charge is 0.161 e. The largest absolute Gasteiger partial charge is 0.224 e. The summed E-state index contributed by atoms with van der Waals surface area (Å²) in [6.07, 6.45) is 2.26. The highest BCUT2D eigenvalue weighted by Gasteiger charge is 2.15. The molecule has 0 N–H and O–H groups in total. The van der Waals surface area contributed by atoms with Crippen molar-refractivity contribution < 1.29 is 0 Å². The van der Waals surface area contributed by atoms with Gasteiger partial charge in [-0.1, -0.05) is 18.5 Å². The van der Waals surface area contributed by atoms with Crippen molar-refractivity contribution in [3.05, 3.63) is 34.0 Å². The zero-order chi connectivity index (χ0) is 12.6. The van der Waals surface area contributed by atoms with Gasteiger partial charge in [-0.3, -0.25) is 0 Å². The summed E-state index contributed by atoms with van der Waals surface area (Å²) in [5.41, 5.74) is 4.22. The Kier molecular flexibility index (Phi) is 3.15. The van der Waals surface area contributed by atoms with E-state index in [9.17, 15) is 0 Å². The van der Waals surface area contributed by atoms with Gasteiger partial charge in [-0.15, -0.1) is 0 Å². The molecule has 2 heterocycles. The number of hydrogen-bond donors (Lipinski definition) is 0. The van der Waals surface area contributed by atoms with Crippen LogP contribution in [0.4, 0.5) is 0 Å². The predicted molar refractivity (Wildman–Crippen MR) is 67.8 cm³/mol. The molecule has 0 aliphatic heterocycles. The van der Waals surface area contributed by atoms with E-state index in [0.717, 1.165) is 29.2 Å². The van der Waals surface area contributed by atoms with Gasteiger partial charge in [-0.2, -0.15) is 5.10 Å². The van der Waals surface area contributed by atoms with E-state index in [-0.39, 0.29) is 0 Å². The second-order valence-corrected chi connectivity index (χ2v) is 4.39. The lowest BCUT2D eigenvalue weighted by Crippen LogP contribution is -2.07. The fourth-order valence-electron chi connectivity index (χ4n) is 1.80. The van der Waals surface area contributed by atoms with Crippen LogP contribution < -0.4 is 0 Å². The number of aromatic nitrogens is 4. The first-order valence-corrected chi connectivity index (χ1v) is 5.96. The van der Waals surface area contributed by atoms with Crippen molar-refractivity contribution >= 4 is 11.6 Å². The van der Waals surface area contributed by atoms with Crippen molar-refractivity contribution in [3.63, 3.8) is 0 Å². The van der Waals surface area contributed by atoms with E-state index in [0.29, 0.717) is 5.15 Å². The lowest BCUT2D eigenvalue weighted by Gasteiger charge is -2.09. The number of halogens is 1. The summed E-state index contributed by atoms with van der Waals surface area (Å²) in [6.45, 7) is 8.12. The molecule has 0 unspecified atom stereocenters. The molecule has 0 saturated carbocycles. The van der Waals surface area contributed by atoms with Crippen LogP contribution in [-0.2, 0) is 6.42 Å². The van der Waals surface area contributed by atoms with Crippen LogP contribution in [0.5, 0.6) is 0 Å². The minimum absolute atomic E-state index is 0.503. The van der Waals surface area contributed by atoms with Crippen LogP contribution in [-0.4, -0.2) is 19.7 Å². The van der Waals surface area contributed by atoms with Gasteiger partial charge in [0, 0.05) is 11.3 Å². The number of aryl methyl sites for hydroxylation is 1. The summed E-state index contributed by atoms with van der Waals surface area (Å²) in [5.74, 6) is 0.779. The van der Waals surface area contributed by atoms with E-state index >= 15 is 0 Å². The molecule has 0 radical (unpaired) electrons. The van der Waals surface area contributed by atoms with Gasteiger partial charge in [0.05, 0.1) is 5.69 Å². The van der Waals surface area contributed by atoms with Gasteiger partial charge in [-0.25, -0.2) is 14.6 Å². The van der Waals surface area contributed by atoms with E-state index < -0.39 is 0 Å². The fraction of sp³-hybridized carbons (Fsp3) is 0.417. The molecule has 2 aromatic rings. The Hall–Kier alpha value is -1.42. The maximum absolute atomic E-state index is 6.09. The molecule has 0 atom stereocenters. The molecule has 0 fully saturated rings. The van der Waals surface area contributed by atoms with Gasteiger partial charge < -0.3 is 0 Å². The predicted octanol–water partition coefficient (Wildman–Crippen LogP) is 2.80. The van der Waals surface area contributed by atoms with Crippen LogP contribution in [0.2, 0.25) is 5.15 Å². The molecule has 5 heteroatoms. The third-order valence-electron chi connectivity index (χ3n) is 3.08. The normalized spacial score (nSPS) is 10.9. The molecule has 4 nitrogen and oxygen atoms in total. The molecule has 2 aromatic heterocycles. The Balaban J connectivity index is 2.68. The van der Waals surface area contributed by atoms with Crippen molar-refractivity contribution in [2.24, 2.45) is 0 Å². The average Bonchev–Trinajstić information content (AvgIpc) is 2.56. The van der Waals surface area contributed by atoms with Crippen molar-refractivity contribution in [2.75, 3.05) is 0 Å². The van der Waals surface area contributed by atoms with Gasteiger partial charge in [0.1, 0.15) is 11.5 Å². The summed E-state index contributed by atoms with van der Waals surface area (Å²) in [6, 6.07) is 0. The zero-order valence-electron chi connectivity index (χ0n) is 10.5. The average molecular weight is 251 g/mol. The van der Waals surface area contributed by atoms with Crippen molar-refractivity contribution in [2.45, 2.75) is 34.1 Å². The van der Waals surface area contributed by atoms with Gasteiger partial charge in [0.25, 0.3) is 0 Å². The minimum Gasteiger partial charge on any atom is -0.224 e. The SMILES string of the molecule is CCc1c(Cl)ncnc1-n1nc(C)c(C)c1C. The molecule has 0 aliphatic carbocycles. The van der Waals surface area contributed by atoms with E-state index in [1.165, 1.54) is 11.9 Å². The number of rotatable bonds is 2. The van der Waals surface area contributed by atoms with Crippen LogP contribution in [0.3, 0.4) is 0 Å². The van der Waals surface area contributed by atoms with Crippen molar-refractivity contribution in [3.8, 4) is 5.82 Å². The Labute approximate surface area is 106 Å². The number of hydrogen-bond acceptors (Lipinski definition) is 3. The van der Waals surface area contributed by atoms with E-state index in [2.05, 4.69) is 22.0 Å². The standard InChI is InChI=1S/C12H15ClN4/c1-5-10-11(13)14-6-15-12(10)17-9(4)7(2)8(3)16-17/h6H,5H2,1-4H3. The molecule has 0 aromatic carbocycles. The Morgan fingerprint density at radius 1 is 1.24 bits per heavy atom. The number of nitrogens with zero attached hydrogens (tertiary/aromatic N) is 4. The van der Waals surface area contributed by atoms with E-state index in [1.54, 1.807) is 0 Å². The minimum atomic E-state index is 0.503. The second kappa shape index (κ2) is 4.45. The van der Waals surface area contributed by atoms with Gasteiger partial charge in [0.2, 0.25) is 0 Å². The van der Waals surface area contributed by atoms with Crippen molar-refractivity contribution in [1.29, 1.82) is 0 Å². The van der Waals surface area contributed by atoms with Gasteiger partial charge >= 0.3 is 0 Å². The maximum atomic E-state index is 6.09. The topological polar surface area (TPSA) is 43.6 Å². The molecule has 0 amide bonds. The monoisotopic (exact) mass is 250 g/mol. The van der Waals surface area contributed by atoms with Crippen LogP contribution in [0.25, 0.3) is 5.82 Å². The highest BCUT2D eigenvalue weighted by molar-refractivity contribution is 6.30. The van der Waals surface area contributed by atoms with E-state index in [1.807, 2.05) is 25.5 Å². The lowest BCUT2D eigenvalue weighted by molar-refractivity contribution is 0.783. The first-order chi connectivity index (χ1) is 8.06. The molecule has 2 rings (SSSR count). The lowest BCUT2D eigenvalue weighted by atomic mass is 10.2. The molecule has 0 spiro atoms. The summed E-state index contributed by atoms with van der Waals surface area (Å²) < 4.78 is 1.84. The highest BCUT2D eigenvalue weighted by atomic mass is 35.5. The molecular formula is C12H15ClN4. The Bertz CT molecular complexity index is 560. The molecular weight excluding hydrogens is 236 g/mol. The second-order valence-electron chi connectivity index (χ2n) is 4.03. The molecule has 90 valence electrons. The Morgan fingerprint density at radius 2 is 1.94 bits per heavy atom. The highest BCUT2D eigenvalue weighted by Crippen LogP contribution is 2.22. The first kappa shape index (κ1) is 12.0. The third kappa shape index (κ3) is 1.93. The summed E-state index contributed by atoms with van der Waals surface area (Å²) in [7, 11) is 0. The van der Waals surface area contributed by atoms with Crippen LogP contribution >= 0.6 is 11.6 Å². The van der Waals surface area contributed by atoms with Crippen LogP contribution in [0.1, 0.15) is 29.4 Å². The molecule has 0 saturated heterocycles.